The molecule has 0 saturated heterocycles. The zero-order valence-electron chi connectivity index (χ0n) is 14.0. The Balaban J connectivity index is 1.60. The topological polar surface area (TPSA) is 38.7 Å². The molecule has 0 radical (unpaired) electrons. The summed E-state index contributed by atoms with van der Waals surface area (Å²) in [5.41, 5.74) is 1.99. The van der Waals surface area contributed by atoms with Crippen molar-refractivity contribution in [3.63, 3.8) is 0 Å². The highest BCUT2D eigenvalue weighted by Crippen LogP contribution is 2.25. The van der Waals surface area contributed by atoms with E-state index in [0.29, 0.717) is 11.6 Å². The molecule has 0 aliphatic heterocycles. The summed E-state index contributed by atoms with van der Waals surface area (Å²) in [6.07, 6.45) is 1.59. The summed E-state index contributed by atoms with van der Waals surface area (Å²) in [4.78, 5) is 13.5. The third kappa shape index (κ3) is 2.60. The lowest BCUT2D eigenvalue weighted by molar-refractivity contribution is 1.07. The smallest absolute Gasteiger partial charge is 0.163 e. The summed E-state index contributed by atoms with van der Waals surface area (Å²) in [5, 5.41) is 4.77. The molecule has 0 amide bonds. The van der Waals surface area contributed by atoms with Gasteiger partial charge in [0.05, 0.1) is 0 Å². The maximum absolute atomic E-state index is 4.70. The predicted molar refractivity (Wildman–Crippen MR) is 106 cm³/mol. The number of hydrogen-bond acceptors (Lipinski definition) is 3. The molecule has 122 valence electrons. The number of nitrogens with zero attached hydrogens (tertiary/aromatic N) is 3. The van der Waals surface area contributed by atoms with Gasteiger partial charge in [-0.3, -0.25) is 0 Å². The second-order valence-corrected chi connectivity index (χ2v) is 6.26. The first-order valence-corrected chi connectivity index (χ1v) is 8.54. The number of aromatic nitrogens is 3. The Labute approximate surface area is 151 Å². The molecule has 1 aromatic heterocycles. The summed E-state index contributed by atoms with van der Waals surface area (Å²) < 4.78 is 0. The van der Waals surface area contributed by atoms with Crippen molar-refractivity contribution in [1.29, 1.82) is 0 Å². The Morgan fingerprint density at radius 2 is 0.923 bits per heavy atom. The van der Waals surface area contributed by atoms with E-state index in [1.54, 1.807) is 6.33 Å². The van der Waals surface area contributed by atoms with Gasteiger partial charge in [-0.1, -0.05) is 72.8 Å². The average Bonchev–Trinajstić information content (AvgIpc) is 2.73. The molecule has 0 spiro atoms. The summed E-state index contributed by atoms with van der Waals surface area (Å²) in [5.74, 6) is 1.38. The molecule has 26 heavy (non-hydrogen) atoms. The van der Waals surface area contributed by atoms with Crippen LogP contribution in [0, 0.1) is 0 Å². The minimum Gasteiger partial charge on any atom is -0.217 e. The Morgan fingerprint density at radius 1 is 0.462 bits per heavy atom. The lowest BCUT2D eigenvalue weighted by atomic mass is 10.1. The van der Waals surface area contributed by atoms with Crippen molar-refractivity contribution in [1.82, 2.24) is 15.0 Å². The highest BCUT2D eigenvalue weighted by molar-refractivity contribution is 5.87. The van der Waals surface area contributed by atoms with Crippen molar-refractivity contribution in [2.75, 3.05) is 0 Å². The van der Waals surface area contributed by atoms with Crippen molar-refractivity contribution in [3.8, 4) is 22.8 Å². The molecule has 0 aliphatic carbocycles. The van der Waals surface area contributed by atoms with Gasteiger partial charge < -0.3 is 0 Å². The third-order valence-corrected chi connectivity index (χ3v) is 4.59. The van der Waals surface area contributed by atoms with Gasteiger partial charge in [0.15, 0.2) is 11.6 Å². The number of benzene rings is 4. The number of hydrogen-bond donors (Lipinski definition) is 0. The van der Waals surface area contributed by atoms with E-state index < -0.39 is 0 Å². The quantitative estimate of drug-likeness (QED) is 0.427. The number of rotatable bonds is 2. The van der Waals surface area contributed by atoms with Gasteiger partial charge in [0.25, 0.3) is 0 Å². The fourth-order valence-corrected chi connectivity index (χ4v) is 3.23. The van der Waals surface area contributed by atoms with Crippen LogP contribution in [0.1, 0.15) is 0 Å². The predicted octanol–water partition coefficient (Wildman–Crippen LogP) is 5.51. The maximum atomic E-state index is 4.70. The van der Waals surface area contributed by atoms with Crippen molar-refractivity contribution in [2.45, 2.75) is 0 Å². The largest absolute Gasteiger partial charge is 0.217 e. The van der Waals surface area contributed by atoms with E-state index in [1.807, 2.05) is 24.3 Å². The van der Waals surface area contributed by atoms with Crippen LogP contribution in [0.15, 0.2) is 91.3 Å². The Morgan fingerprint density at radius 3 is 1.42 bits per heavy atom. The van der Waals surface area contributed by atoms with Gasteiger partial charge in [-0.25, -0.2) is 15.0 Å². The van der Waals surface area contributed by atoms with Crippen LogP contribution in [-0.2, 0) is 0 Å². The fraction of sp³-hybridized carbons (Fsp3) is 0. The number of fused-ring (bicyclic) bond motifs is 2. The van der Waals surface area contributed by atoms with Gasteiger partial charge in [-0.05, 0) is 33.7 Å². The van der Waals surface area contributed by atoms with Crippen LogP contribution in [0.25, 0.3) is 44.3 Å². The standard InChI is InChI=1S/C23H15N3/c1-3-7-18-13-20(11-9-16(18)5-1)22-24-15-25-23(26-22)21-12-10-17-6-2-4-8-19(17)14-21/h1-15H. The van der Waals surface area contributed by atoms with E-state index in [-0.39, 0.29) is 0 Å². The fourth-order valence-electron chi connectivity index (χ4n) is 3.23. The normalized spacial score (nSPS) is 11.1. The SMILES string of the molecule is c1ccc2cc(-c3ncnc(-c4ccc5ccccc5c4)n3)ccc2c1. The molecule has 0 aliphatic rings. The molecule has 0 N–H and O–H groups in total. The lowest BCUT2D eigenvalue weighted by Gasteiger charge is -2.06. The summed E-state index contributed by atoms with van der Waals surface area (Å²) in [7, 11) is 0. The molecule has 0 atom stereocenters. The van der Waals surface area contributed by atoms with E-state index in [9.17, 15) is 0 Å². The van der Waals surface area contributed by atoms with Crippen molar-refractivity contribution < 1.29 is 0 Å². The zero-order valence-corrected chi connectivity index (χ0v) is 14.0. The van der Waals surface area contributed by atoms with Crippen LogP contribution < -0.4 is 0 Å². The molecular weight excluding hydrogens is 318 g/mol. The average molecular weight is 333 g/mol. The summed E-state index contributed by atoms with van der Waals surface area (Å²) in [6, 6.07) is 29.1. The van der Waals surface area contributed by atoms with Crippen LogP contribution in [-0.4, -0.2) is 15.0 Å². The van der Waals surface area contributed by atoms with Crippen LogP contribution in [0.5, 0.6) is 0 Å². The summed E-state index contributed by atoms with van der Waals surface area (Å²) in [6.45, 7) is 0. The van der Waals surface area contributed by atoms with Crippen LogP contribution in [0.4, 0.5) is 0 Å². The van der Waals surface area contributed by atoms with Crippen LogP contribution >= 0.6 is 0 Å². The monoisotopic (exact) mass is 333 g/mol. The van der Waals surface area contributed by atoms with Gasteiger partial charge >= 0.3 is 0 Å². The van der Waals surface area contributed by atoms with Crippen molar-refractivity contribution >= 4 is 21.5 Å². The van der Waals surface area contributed by atoms with Gasteiger partial charge in [-0.15, -0.1) is 0 Å². The first-order valence-electron chi connectivity index (χ1n) is 8.54. The molecule has 0 fully saturated rings. The second-order valence-electron chi connectivity index (χ2n) is 6.26. The van der Waals surface area contributed by atoms with E-state index >= 15 is 0 Å². The maximum Gasteiger partial charge on any atom is 0.163 e. The summed E-state index contributed by atoms with van der Waals surface area (Å²) >= 11 is 0. The van der Waals surface area contributed by atoms with E-state index in [4.69, 9.17) is 4.98 Å². The van der Waals surface area contributed by atoms with Gasteiger partial charge in [0.1, 0.15) is 6.33 Å². The molecule has 0 saturated carbocycles. The van der Waals surface area contributed by atoms with Gasteiger partial charge in [0, 0.05) is 11.1 Å². The molecule has 1 heterocycles. The van der Waals surface area contributed by atoms with Crippen LogP contribution in [0.2, 0.25) is 0 Å². The molecule has 4 aromatic carbocycles. The lowest BCUT2D eigenvalue weighted by Crippen LogP contribution is -1.95. The van der Waals surface area contributed by atoms with Gasteiger partial charge in [0.2, 0.25) is 0 Å². The second kappa shape index (κ2) is 6.05. The highest BCUT2D eigenvalue weighted by Gasteiger charge is 2.07. The Hall–Kier alpha value is -3.59. The van der Waals surface area contributed by atoms with Crippen molar-refractivity contribution in [3.05, 3.63) is 91.3 Å². The van der Waals surface area contributed by atoms with E-state index in [2.05, 4.69) is 70.6 Å². The molecule has 0 unspecified atom stereocenters. The van der Waals surface area contributed by atoms with Crippen LogP contribution in [0.3, 0.4) is 0 Å². The zero-order chi connectivity index (χ0) is 17.3. The molecule has 0 bridgehead atoms. The van der Waals surface area contributed by atoms with E-state index in [0.717, 1.165) is 11.1 Å². The van der Waals surface area contributed by atoms with E-state index in [1.165, 1.54) is 21.5 Å². The minimum absolute atomic E-state index is 0.689. The molecule has 5 aromatic rings. The van der Waals surface area contributed by atoms with Crippen molar-refractivity contribution in [2.24, 2.45) is 0 Å². The molecule has 5 rings (SSSR count). The highest BCUT2D eigenvalue weighted by atomic mass is 15.0. The Bertz CT molecular complexity index is 1150. The molecule has 3 heteroatoms. The first kappa shape index (κ1) is 14.7. The Kier molecular flexibility index (Phi) is 3.42. The third-order valence-electron chi connectivity index (χ3n) is 4.59. The first-order chi connectivity index (χ1) is 12.9. The minimum atomic E-state index is 0.689. The molecular formula is C23H15N3. The molecule has 3 nitrogen and oxygen atoms in total. The van der Waals surface area contributed by atoms with Gasteiger partial charge in [-0.2, -0.15) is 0 Å².